The van der Waals surface area contributed by atoms with E-state index in [1.807, 2.05) is 56.3 Å². The van der Waals surface area contributed by atoms with Gasteiger partial charge in [-0.25, -0.2) is 8.42 Å². The Bertz CT molecular complexity index is 1210. The molecule has 0 radical (unpaired) electrons. The average Bonchev–Trinajstić information content (AvgIpc) is 2.82. The second kappa shape index (κ2) is 9.67. The molecule has 4 rings (SSSR count). The zero-order chi connectivity index (χ0) is 23.4. The maximum atomic E-state index is 12.8. The lowest BCUT2D eigenvalue weighted by molar-refractivity contribution is 0.102. The van der Waals surface area contributed by atoms with Crippen molar-refractivity contribution in [2.45, 2.75) is 38.0 Å². The topological polar surface area (TPSA) is 78.5 Å². The maximum Gasteiger partial charge on any atom is 0.261 e. The first-order chi connectivity index (χ1) is 15.8. The van der Waals surface area contributed by atoms with Crippen LogP contribution < -0.4 is 14.9 Å². The molecule has 7 heteroatoms. The van der Waals surface area contributed by atoms with Crippen LogP contribution >= 0.6 is 0 Å². The molecule has 172 valence electrons. The van der Waals surface area contributed by atoms with Crippen molar-refractivity contribution in [3.63, 3.8) is 0 Å². The van der Waals surface area contributed by atoms with Crippen LogP contribution in [0.2, 0.25) is 0 Å². The van der Waals surface area contributed by atoms with Crippen LogP contribution in [0.15, 0.2) is 71.6 Å². The Kier molecular flexibility index (Phi) is 6.70. The highest BCUT2D eigenvalue weighted by molar-refractivity contribution is 7.92. The molecule has 1 fully saturated rings. The van der Waals surface area contributed by atoms with Gasteiger partial charge < -0.3 is 10.2 Å². The number of rotatable bonds is 6. The summed E-state index contributed by atoms with van der Waals surface area (Å²) >= 11 is 0. The number of hydrogen-bond acceptors (Lipinski definition) is 4. The molecule has 1 amide bonds. The van der Waals surface area contributed by atoms with Crippen molar-refractivity contribution in [1.82, 2.24) is 0 Å². The van der Waals surface area contributed by atoms with Crippen molar-refractivity contribution in [2.75, 3.05) is 28.0 Å². The van der Waals surface area contributed by atoms with Crippen molar-refractivity contribution < 1.29 is 13.2 Å². The summed E-state index contributed by atoms with van der Waals surface area (Å²) in [4.78, 5) is 15.1. The zero-order valence-electron chi connectivity index (χ0n) is 19.0. The summed E-state index contributed by atoms with van der Waals surface area (Å²) in [6.07, 6.45) is 3.68. The zero-order valence-corrected chi connectivity index (χ0v) is 19.8. The van der Waals surface area contributed by atoms with Crippen molar-refractivity contribution in [1.29, 1.82) is 0 Å². The second-order valence-corrected chi connectivity index (χ2v) is 10.1. The molecule has 1 aliphatic heterocycles. The molecular formula is C26H29N3O3S. The monoisotopic (exact) mass is 463 g/mol. The molecule has 6 nitrogen and oxygen atoms in total. The molecule has 0 unspecified atom stereocenters. The summed E-state index contributed by atoms with van der Waals surface area (Å²) < 4.78 is 28.3. The number of aryl methyl sites for hydroxylation is 2. The van der Waals surface area contributed by atoms with E-state index in [0.717, 1.165) is 29.9 Å². The van der Waals surface area contributed by atoms with Crippen LogP contribution in [0.4, 0.5) is 17.1 Å². The van der Waals surface area contributed by atoms with Gasteiger partial charge in [0.25, 0.3) is 15.9 Å². The van der Waals surface area contributed by atoms with Crippen molar-refractivity contribution in [3.05, 3.63) is 83.4 Å². The number of hydrogen-bond donors (Lipinski definition) is 2. The molecule has 1 heterocycles. The third-order valence-electron chi connectivity index (χ3n) is 5.99. The van der Waals surface area contributed by atoms with Gasteiger partial charge in [-0.05, 0) is 92.8 Å². The van der Waals surface area contributed by atoms with Gasteiger partial charge in [0.15, 0.2) is 0 Å². The lowest BCUT2D eigenvalue weighted by Crippen LogP contribution is -2.29. The fraction of sp³-hybridized carbons (Fsp3) is 0.269. The average molecular weight is 464 g/mol. The van der Waals surface area contributed by atoms with Crippen molar-refractivity contribution in [2.24, 2.45) is 0 Å². The van der Waals surface area contributed by atoms with Crippen LogP contribution in [0.5, 0.6) is 0 Å². The number of piperidine rings is 1. The summed E-state index contributed by atoms with van der Waals surface area (Å²) in [6.45, 7) is 5.84. The number of carbonyl (C=O) groups is 1. The van der Waals surface area contributed by atoms with Gasteiger partial charge in [-0.1, -0.05) is 18.2 Å². The molecule has 0 atom stereocenters. The lowest BCUT2D eigenvalue weighted by Gasteiger charge is -2.28. The van der Waals surface area contributed by atoms with E-state index in [9.17, 15) is 13.2 Å². The summed E-state index contributed by atoms with van der Waals surface area (Å²) in [5.41, 5.74) is 4.53. The number of anilines is 3. The number of carbonyl (C=O) groups excluding carboxylic acids is 1. The van der Waals surface area contributed by atoms with Crippen LogP contribution in [0.1, 0.15) is 40.7 Å². The minimum atomic E-state index is -3.74. The second-order valence-electron chi connectivity index (χ2n) is 8.45. The smallest absolute Gasteiger partial charge is 0.261 e. The first-order valence-corrected chi connectivity index (χ1v) is 12.7. The van der Waals surface area contributed by atoms with Crippen molar-refractivity contribution >= 4 is 33.0 Å². The predicted octanol–water partition coefficient (Wildman–Crippen LogP) is 5.35. The number of amides is 1. The van der Waals surface area contributed by atoms with Gasteiger partial charge in [-0.15, -0.1) is 0 Å². The van der Waals surface area contributed by atoms with E-state index in [2.05, 4.69) is 14.9 Å². The molecule has 1 saturated heterocycles. The maximum absolute atomic E-state index is 12.8. The Morgan fingerprint density at radius 2 is 1.42 bits per heavy atom. The van der Waals surface area contributed by atoms with Gasteiger partial charge in [-0.2, -0.15) is 0 Å². The van der Waals surface area contributed by atoms with Gasteiger partial charge in [0.1, 0.15) is 0 Å². The van der Waals surface area contributed by atoms with E-state index in [1.54, 1.807) is 12.1 Å². The van der Waals surface area contributed by atoms with E-state index >= 15 is 0 Å². The number of para-hydroxylation sites is 1. The van der Waals surface area contributed by atoms with Crippen LogP contribution in [-0.4, -0.2) is 27.4 Å². The van der Waals surface area contributed by atoms with Gasteiger partial charge in [-0.3, -0.25) is 9.52 Å². The van der Waals surface area contributed by atoms with Crippen LogP contribution in [-0.2, 0) is 10.0 Å². The van der Waals surface area contributed by atoms with E-state index in [4.69, 9.17) is 0 Å². The molecule has 0 saturated carbocycles. The molecule has 2 N–H and O–H groups in total. The van der Waals surface area contributed by atoms with Gasteiger partial charge in [0.05, 0.1) is 10.6 Å². The predicted molar refractivity (Wildman–Crippen MR) is 134 cm³/mol. The molecule has 0 spiro atoms. The Hall–Kier alpha value is -3.32. The van der Waals surface area contributed by atoms with Gasteiger partial charge in [0, 0.05) is 30.0 Å². The largest absolute Gasteiger partial charge is 0.372 e. The third kappa shape index (κ3) is 5.37. The molecule has 33 heavy (non-hydrogen) atoms. The summed E-state index contributed by atoms with van der Waals surface area (Å²) in [7, 11) is -3.74. The first-order valence-electron chi connectivity index (χ1n) is 11.2. The molecular weight excluding hydrogens is 434 g/mol. The van der Waals surface area contributed by atoms with Gasteiger partial charge >= 0.3 is 0 Å². The minimum Gasteiger partial charge on any atom is -0.372 e. The highest BCUT2D eigenvalue weighted by Gasteiger charge is 2.17. The molecule has 0 aliphatic carbocycles. The van der Waals surface area contributed by atoms with Crippen LogP contribution in [0.25, 0.3) is 0 Å². The van der Waals surface area contributed by atoms with Crippen molar-refractivity contribution in [3.8, 4) is 0 Å². The molecule has 3 aromatic carbocycles. The fourth-order valence-corrected chi connectivity index (χ4v) is 5.27. The van der Waals surface area contributed by atoms with E-state index in [-0.39, 0.29) is 10.8 Å². The lowest BCUT2D eigenvalue weighted by atomic mass is 10.1. The molecule has 0 aromatic heterocycles. The van der Waals surface area contributed by atoms with Gasteiger partial charge in [0.2, 0.25) is 0 Å². The Labute approximate surface area is 195 Å². The Morgan fingerprint density at radius 3 is 2.03 bits per heavy atom. The van der Waals surface area contributed by atoms with Crippen LogP contribution in [0, 0.1) is 13.8 Å². The van der Waals surface area contributed by atoms with E-state index < -0.39 is 10.0 Å². The number of nitrogens with zero attached hydrogens (tertiary/aromatic N) is 1. The SMILES string of the molecule is Cc1cccc(C)c1NS(=O)(=O)c1ccc(NC(=O)c2ccc(N3CCCCC3)cc2)cc1. The highest BCUT2D eigenvalue weighted by atomic mass is 32.2. The normalized spacial score (nSPS) is 14.1. The van der Waals surface area contributed by atoms with Crippen LogP contribution in [0.3, 0.4) is 0 Å². The fourth-order valence-electron chi connectivity index (χ4n) is 4.07. The summed E-state index contributed by atoms with van der Waals surface area (Å²) in [5, 5.41) is 2.84. The first kappa shape index (κ1) is 22.9. The number of benzene rings is 3. The van der Waals surface area contributed by atoms with E-state index in [0.29, 0.717) is 16.9 Å². The summed E-state index contributed by atoms with van der Waals surface area (Å²) in [5.74, 6) is -0.232. The minimum absolute atomic E-state index is 0.133. The molecule has 1 aliphatic rings. The van der Waals surface area contributed by atoms with E-state index in [1.165, 1.54) is 31.4 Å². The standard InChI is InChI=1S/C26H29N3O3S/c1-19-7-6-8-20(2)25(19)28-33(31,32)24-15-11-22(12-16-24)27-26(30)21-9-13-23(14-10-21)29-17-4-3-5-18-29/h6-16,28H,3-5,17-18H2,1-2H3,(H,27,30). The molecule has 0 bridgehead atoms. The Balaban J connectivity index is 1.42. The quantitative estimate of drug-likeness (QED) is 0.517. The number of sulfonamides is 1. The number of nitrogens with one attached hydrogen (secondary N) is 2. The highest BCUT2D eigenvalue weighted by Crippen LogP contribution is 2.25. The molecule has 3 aromatic rings. The Morgan fingerprint density at radius 1 is 0.818 bits per heavy atom. The third-order valence-corrected chi connectivity index (χ3v) is 7.36. The summed E-state index contributed by atoms with van der Waals surface area (Å²) in [6, 6.07) is 19.4.